The number of carbonyl (C=O) groups is 1. The first kappa shape index (κ1) is 16.4. The molecule has 1 heterocycles. The Hall–Kier alpha value is -0.950. The number of nitrogens with zero attached hydrogens (tertiary/aromatic N) is 1. The van der Waals surface area contributed by atoms with Crippen LogP contribution in [0, 0.1) is 0 Å². The van der Waals surface area contributed by atoms with E-state index in [1.165, 1.54) is 16.9 Å². The fraction of sp³-hybridized carbons (Fsp3) is 0.286. The molecule has 3 N–H and O–H groups in total. The number of amides is 1. The van der Waals surface area contributed by atoms with Gasteiger partial charge in [0, 0.05) is 22.0 Å². The van der Waals surface area contributed by atoms with E-state index in [2.05, 4.69) is 38.4 Å². The van der Waals surface area contributed by atoms with Gasteiger partial charge in [-0.05, 0) is 30.5 Å². The third-order valence-electron chi connectivity index (χ3n) is 3.28. The number of hydrogen-bond donors (Lipinski definition) is 2. The van der Waals surface area contributed by atoms with E-state index in [9.17, 15) is 4.79 Å². The van der Waals surface area contributed by atoms with Gasteiger partial charge in [0.15, 0.2) is 5.13 Å². The third kappa shape index (κ3) is 4.03. The first-order valence-corrected chi connectivity index (χ1v) is 7.96. The predicted molar refractivity (Wildman–Crippen MR) is 91.1 cm³/mol. The summed E-state index contributed by atoms with van der Waals surface area (Å²) in [5.41, 5.74) is 6.39. The van der Waals surface area contributed by atoms with Crippen LogP contribution in [0.2, 0.25) is 0 Å². The summed E-state index contributed by atoms with van der Waals surface area (Å²) < 4.78 is 1.06. The summed E-state index contributed by atoms with van der Waals surface area (Å²) in [6.45, 7) is 0. The number of aromatic nitrogens is 1. The van der Waals surface area contributed by atoms with E-state index in [1.807, 2.05) is 12.1 Å². The minimum Gasteiger partial charge on any atom is -0.317 e. The van der Waals surface area contributed by atoms with E-state index >= 15 is 0 Å². The van der Waals surface area contributed by atoms with Gasteiger partial charge in [0.05, 0.1) is 5.54 Å². The van der Waals surface area contributed by atoms with Crippen molar-refractivity contribution in [2.75, 3.05) is 5.32 Å². The topological polar surface area (TPSA) is 68.0 Å². The van der Waals surface area contributed by atoms with Crippen LogP contribution in [-0.4, -0.2) is 16.4 Å². The van der Waals surface area contributed by atoms with Crippen molar-refractivity contribution < 1.29 is 4.79 Å². The van der Waals surface area contributed by atoms with Gasteiger partial charge in [-0.1, -0.05) is 28.1 Å². The lowest BCUT2D eigenvalue weighted by Gasteiger charge is -2.06. The average molecular weight is 389 g/mol. The molecular formula is C14H15BrClN3OS. The third-order valence-corrected chi connectivity index (χ3v) is 4.69. The molecule has 2 aromatic rings. The minimum atomic E-state index is -0.657. The van der Waals surface area contributed by atoms with Crippen molar-refractivity contribution in [2.45, 2.75) is 24.8 Å². The van der Waals surface area contributed by atoms with Gasteiger partial charge in [0.25, 0.3) is 0 Å². The van der Waals surface area contributed by atoms with E-state index in [0.717, 1.165) is 28.6 Å². The van der Waals surface area contributed by atoms with Gasteiger partial charge in [-0.2, -0.15) is 0 Å². The number of carbonyl (C=O) groups excluding carboxylic acids is 1. The summed E-state index contributed by atoms with van der Waals surface area (Å²) in [4.78, 5) is 17.2. The maximum atomic E-state index is 11.8. The number of hydrogen-bond acceptors (Lipinski definition) is 4. The zero-order valence-corrected chi connectivity index (χ0v) is 14.4. The molecule has 0 bridgehead atoms. The Kier molecular flexibility index (Phi) is 5.03. The normalized spacial score (nSPS) is 15.1. The lowest BCUT2D eigenvalue weighted by atomic mass is 10.1. The van der Waals surface area contributed by atoms with E-state index in [1.54, 1.807) is 6.20 Å². The van der Waals surface area contributed by atoms with E-state index < -0.39 is 5.54 Å². The molecule has 7 heteroatoms. The molecule has 0 saturated heterocycles. The van der Waals surface area contributed by atoms with Crippen LogP contribution < -0.4 is 11.1 Å². The largest absolute Gasteiger partial charge is 0.317 e. The summed E-state index contributed by atoms with van der Waals surface area (Å²) in [6.07, 6.45) is 4.13. The fourth-order valence-electron chi connectivity index (χ4n) is 1.88. The van der Waals surface area contributed by atoms with Crippen LogP contribution in [-0.2, 0) is 11.2 Å². The smallest absolute Gasteiger partial charge is 0.246 e. The highest BCUT2D eigenvalue weighted by Crippen LogP contribution is 2.34. The van der Waals surface area contributed by atoms with E-state index in [0.29, 0.717) is 5.13 Å². The van der Waals surface area contributed by atoms with Gasteiger partial charge in [0.1, 0.15) is 0 Å². The molecule has 0 radical (unpaired) electrons. The highest BCUT2D eigenvalue weighted by molar-refractivity contribution is 9.10. The van der Waals surface area contributed by atoms with Crippen LogP contribution in [0.15, 0.2) is 34.9 Å². The number of benzene rings is 1. The lowest BCUT2D eigenvalue weighted by Crippen LogP contribution is -2.37. The highest BCUT2D eigenvalue weighted by atomic mass is 79.9. The molecular weight excluding hydrogens is 374 g/mol. The molecule has 1 aliphatic rings. The summed E-state index contributed by atoms with van der Waals surface area (Å²) in [7, 11) is 0. The Labute approximate surface area is 141 Å². The SMILES string of the molecule is Cl.NC1(C(=O)Nc2ncc(Cc3cccc(Br)c3)s2)CC1. The lowest BCUT2D eigenvalue weighted by molar-refractivity contribution is -0.118. The maximum Gasteiger partial charge on any atom is 0.246 e. The van der Waals surface area contributed by atoms with Gasteiger partial charge in [-0.3, -0.25) is 4.79 Å². The molecule has 1 fully saturated rings. The zero-order chi connectivity index (χ0) is 14.2. The molecule has 112 valence electrons. The van der Waals surface area contributed by atoms with Gasteiger partial charge < -0.3 is 11.1 Å². The molecule has 1 aromatic carbocycles. The van der Waals surface area contributed by atoms with Crippen molar-refractivity contribution in [2.24, 2.45) is 5.73 Å². The van der Waals surface area contributed by atoms with Crippen molar-refractivity contribution in [3.05, 3.63) is 45.4 Å². The summed E-state index contributed by atoms with van der Waals surface area (Å²) >= 11 is 4.95. The molecule has 3 rings (SSSR count). The number of nitrogens with two attached hydrogens (primary N) is 1. The summed E-state index contributed by atoms with van der Waals surface area (Å²) in [5, 5.41) is 3.42. The molecule has 1 amide bonds. The Morgan fingerprint density at radius 1 is 1.48 bits per heavy atom. The second kappa shape index (κ2) is 6.44. The number of thiazole rings is 1. The molecule has 1 saturated carbocycles. The minimum absolute atomic E-state index is 0. The Morgan fingerprint density at radius 3 is 2.90 bits per heavy atom. The number of nitrogens with one attached hydrogen (secondary N) is 1. The Morgan fingerprint density at radius 2 is 2.24 bits per heavy atom. The first-order chi connectivity index (χ1) is 9.55. The molecule has 4 nitrogen and oxygen atoms in total. The second-order valence-electron chi connectivity index (χ2n) is 5.05. The number of anilines is 1. The molecule has 21 heavy (non-hydrogen) atoms. The number of halogens is 2. The van der Waals surface area contributed by atoms with Crippen LogP contribution in [0.4, 0.5) is 5.13 Å². The highest BCUT2D eigenvalue weighted by Gasteiger charge is 2.46. The van der Waals surface area contributed by atoms with Crippen LogP contribution in [0.5, 0.6) is 0 Å². The zero-order valence-electron chi connectivity index (χ0n) is 11.1. The summed E-state index contributed by atoms with van der Waals surface area (Å²) in [6, 6.07) is 8.16. The molecule has 0 atom stereocenters. The predicted octanol–water partition coefficient (Wildman–Crippen LogP) is 3.35. The second-order valence-corrected chi connectivity index (χ2v) is 7.08. The summed E-state index contributed by atoms with van der Waals surface area (Å²) in [5.74, 6) is -0.124. The Bertz CT molecular complexity index is 657. The number of rotatable bonds is 4. The standard InChI is InChI=1S/C14H14BrN3OS.ClH/c15-10-3-1-2-9(6-10)7-11-8-17-13(20-11)18-12(19)14(16)4-5-14;/h1-3,6,8H,4-5,7,16H2,(H,17,18,19);1H. The van der Waals surface area contributed by atoms with Crippen LogP contribution >= 0.6 is 39.7 Å². The first-order valence-electron chi connectivity index (χ1n) is 6.35. The van der Waals surface area contributed by atoms with E-state index in [-0.39, 0.29) is 18.3 Å². The molecule has 1 aliphatic carbocycles. The van der Waals surface area contributed by atoms with Crippen molar-refractivity contribution in [1.29, 1.82) is 0 Å². The van der Waals surface area contributed by atoms with Crippen molar-refractivity contribution in [3.8, 4) is 0 Å². The molecule has 0 spiro atoms. The monoisotopic (exact) mass is 387 g/mol. The van der Waals surface area contributed by atoms with Gasteiger partial charge in [-0.15, -0.1) is 23.7 Å². The maximum absolute atomic E-state index is 11.8. The van der Waals surface area contributed by atoms with Crippen LogP contribution in [0.1, 0.15) is 23.3 Å². The van der Waals surface area contributed by atoms with E-state index in [4.69, 9.17) is 5.73 Å². The molecule has 0 unspecified atom stereocenters. The average Bonchev–Trinajstić information content (AvgIpc) is 3.01. The molecule has 0 aliphatic heterocycles. The van der Waals surface area contributed by atoms with Crippen molar-refractivity contribution in [3.63, 3.8) is 0 Å². The van der Waals surface area contributed by atoms with Gasteiger partial charge >= 0.3 is 0 Å². The van der Waals surface area contributed by atoms with Crippen LogP contribution in [0.3, 0.4) is 0 Å². The fourth-order valence-corrected chi connectivity index (χ4v) is 3.17. The van der Waals surface area contributed by atoms with Gasteiger partial charge in [-0.25, -0.2) is 4.98 Å². The quantitative estimate of drug-likeness (QED) is 0.844. The van der Waals surface area contributed by atoms with Crippen LogP contribution in [0.25, 0.3) is 0 Å². The van der Waals surface area contributed by atoms with Crippen molar-refractivity contribution in [1.82, 2.24) is 4.98 Å². The Balaban J connectivity index is 0.00000161. The van der Waals surface area contributed by atoms with Crippen molar-refractivity contribution >= 4 is 50.7 Å². The van der Waals surface area contributed by atoms with Gasteiger partial charge in [0.2, 0.25) is 5.91 Å². The molecule has 1 aromatic heterocycles.